The second-order valence-electron chi connectivity index (χ2n) is 11.4. The van der Waals surface area contributed by atoms with Crippen LogP contribution in [0.25, 0.3) is 0 Å². The molecule has 1 amide bonds. The van der Waals surface area contributed by atoms with Crippen molar-refractivity contribution < 1.29 is 17.6 Å². The van der Waals surface area contributed by atoms with Crippen molar-refractivity contribution in [2.75, 3.05) is 25.0 Å². The van der Waals surface area contributed by atoms with Crippen LogP contribution in [-0.4, -0.2) is 50.3 Å². The van der Waals surface area contributed by atoms with Gasteiger partial charge < -0.3 is 16.4 Å². The Morgan fingerprint density at radius 1 is 1.09 bits per heavy atom. The van der Waals surface area contributed by atoms with Crippen molar-refractivity contribution >= 4 is 33.2 Å². The number of halogens is 2. The van der Waals surface area contributed by atoms with Gasteiger partial charge in [0.25, 0.3) is 0 Å². The van der Waals surface area contributed by atoms with Crippen LogP contribution in [-0.2, 0) is 26.7 Å². The Morgan fingerprint density at radius 2 is 1.77 bits per heavy atom. The molecular weight excluding hydrogens is 587 g/mol. The maximum absolute atomic E-state index is 15.3. The standard InChI is InChI=1S/C33H42ClFN4O3S/c1-4-23(5-2)33(3,24-14-16-25(34)17-15-24)31(36)32(40)38-30-13-9-12-29(35)28(30)19-18-26-22-37-20-21-39(26)43(41,42)27-10-7-6-8-11-27/h6-17,23,26,31,37H,4-5,18-22,36H2,1-3H3,(H,38,40). The number of carbonyl (C=O) groups is 1. The predicted molar refractivity (Wildman–Crippen MR) is 171 cm³/mol. The molecule has 0 spiro atoms. The molecule has 4 N–H and O–H groups in total. The first-order valence-electron chi connectivity index (χ1n) is 14.9. The molecule has 0 aromatic heterocycles. The Bertz CT molecular complexity index is 1490. The Kier molecular flexibility index (Phi) is 11.0. The minimum absolute atomic E-state index is 0.109. The minimum atomic E-state index is -3.72. The van der Waals surface area contributed by atoms with Crippen LogP contribution in [0.3, 0.4) is 0 Å². The molecule has 4 rings (SSSR count). The molecule has 1 heterocycles. The molecule has 7 nitrogen and oxygen atoms in total. The maximum Gasteiger partial charge on any atom is 0.243 e. The van der Waals surface area contributed by atoms with Gasteiger partial charge in [0.15, 0.2) is 0 Å². The summed E-state index contributed by atoms with van der Waals surface area (Å²) < 4.78 is 43.7. The first-order valence-corrected chi connectivity index (χ1v) is 16.7. The highest BCUT2D eigenvalue weighted by Gasteiger charge is 2.43. The number of nitrogens with two attached hydrogens (primary N) is 1. The third-order valence-electron chi connectivity index (χ3n) is 8.98. The number of anilines is 1. The van der Waals surface area contributed by atoms with Gasteiger partial charge in [-0.25, -0.2) is 12.8 Å². The number of carbonyl (C=O) groups excluding carboxylic acids is 1. The molecule has 3 aromatic rings. The topological polar surface area (TPSA) is 105 Å². The van der Waals surface area contributed by atoms with Gasteiger partial charge in [-0.15, -0.1) is 0 Å². The van der Waals surface area contributed by atoms with Gasteiger partial charge in [0, 0.05) is 47.4 Å². The van der Waals surface area contributed by atoms with Gasteiger partial charge in [0.2, 0.25) is 15.9 Å². The quantitative estimate of drug-likeness (QED) is 0.238. The predicted octanol–water partition coefficient (Wildman–Crippen LogP) is 5.73. The average molecular weight is 629 g/mol. The highest BCUT2D eigenvalue weighted by atomic mass is 35.5. The lowest BCUT2D eigenvalue weighted by Crippen LogP contribution is -2.54. The van der Waals surface area contributed by atoms with Crippen LogP contribution in [0.1, 0.15) is 51.2 Å². The third-order valence-corrected chi connectivity index (χ3v) is 11.2. The Balaban J connectivity index is 1.57. The molecule has 0 aliphatic carbocycles. The van der Waals surface area contributed by atoms with E-state index in [1.54, 1.807) is 54.6 Å². The van der Waals surface area contributed by atoms with E-state index < -0.39 is 33.2 Å². The highest BCUT2D eigenvalue weighted by Crippen LogP contribution is 2.40. The van der Waals surface area contributed by atoms with Gasteiger partial charge >= 0.3 is 0 Å². The molecular formula is C33H42ClFN4O3S. The van der Waals surface area contributed by atoms with Crippen LogP contribution >= 0.6 is 11.6 Å². The first kappa shape index (κ1) is 33.1. The zero-order chi connectivity index (χ0) is 31.2. The molecule has 1 aliphatic rings. The fourth-order valence-corrected chi connectivity index (χ4v) is 8.17. The number of nitrogens with zero attached hydrogens (tertiary/aromatic N) is 1. The number of sulfonamides is 1. The Hall–Kier alpha value is -2.82. The third kappa shape index (κ3) is 7.13. The summed E-state index contributed by atoms with van der Waals surface area (Å²) in [7, 11) is -3.72. The second-order valence-corrected chi connectivity index (χ2v) is 13.7. The zero-order valence-corrected chi connectivity index (χ0v) is 26.6. The van der Waals surface area contributed by atoms with Crippen molar-refractivity contribution in [2.24, 2.45) is 11.7 Å². The van der Waals surface area contributed by atoms with E-state index in [-0.39, 0.29) is 23.3 Å². The Morgan fingerprint density at radius 3 is 2.42 bits per heavy atom. The number of rotatable bonds is 12. The molecule has 1 aliphatic heterocycles. The van der Waals surface area contributed by atoms with Gasteiger partial charge in [0.1, 0.15) is 5.82 Å². The lowest BCUT2D eigenvalue weighted by Gasteiger charge is -2.41. The van der Waals surface area contributed by atoms with Gasteiger partial charge in [-0.3, -0.25) is 4.79 Å². The maximum atomic E-state index is 15.3. The monoisotopic (exact) mass is 628 g/mol. The summed E-state index contributed by atoms with van der Waals surface area (Å²) in [6, 6.07) is 19.0. The van der Waals surface area contributed by atoms with Gasteiger partial charge in [0.05, 0.1) is 10.9 Å². The van der Waals surface area contributed by atoms with Crippen LogP contribution in [0, 0.1) is 11.7 Å². The number of piperazine rings is 1. The summed E-state index contributed by atoms with van der Waals surface area (Å²) in [6.07, 6.45) is 2.23. The van der Waals surface area contributed by atoms with Crippen LogP contribution in [0.15, 0.2) is 77.7 Å². The molecule has 1 saturated heterocycles. The first-order chi connectivity index (χ1) is 20.5. The van der Waals surface area contributed by atoms with E-state index in [1.807, 2.05) is 19.1 Å². The molecule has 10 heteroatoms. The minimum Gasteiger partial charge on any atom is -0.324 e. The molecule has 3 atom stereocenters. The van der Waals surface area contributed by atoms with Gasteiger partial charge in [-0.1, -0.05) is 81.6 Å². The van der Waals surface area contributed by atoms with Crippen molar-refractivity contribution in [3.05, 3.63) is 94.8 Å². The largest absolute Gasteiger partial charge is 0.324 e. The number of hydrogen-bond donors (Lipinski definition) is 3. The summed E-state index contributed by atoms with van der Waals surface area (Å²) in [4.78, 5) is 14.0. The molecule has 232 valence electrons. The van der Waals surface area contributed by atoms with Crippen LogP contribution in [0.4, 0.5) is 10.1 Å². The van der Waals surface area contributed by atoms with E-state index in [1.165, 1.54) is 10.4 Å². The summed E-state index contributed by atoms with van der Waals surface area (Å²) >= 11 is 6.16. The van der Waals surface area contributed by atoms with Crippen LogP contribution in [0.5, 0.6) is 0 Å². The van der Waals surface area contributed by atoms with Crippen molar-refractivity contribution in [3.8, 4) is 0 Å². The van der Waals surface area contributed by atoms with E-state index in [0.29, 0.717) is 42.3 Å². The fourth-order valence-electron chi connectivity index (χ4n) is 6.37. The molecule has 0 radical (unpaired) electrons. The molecule has 3 aromatic carbocycles. The number of amides is 1. The number of nitrogens with one attached hydrogen (secondary N) is 2. The molecule has 0 saturated carbocycles. The SMILES string of the molecule is CCC(CC)C(C)(c1ccc(Cl)cc1)C(N)C(=O)Nc1cccc(F)c1CCC1CNCCN1S(=O)(=O)c1ccccc1. The summed E-state index contributed by atoms with van der Waals surface area (Å²) in [5.74, 6) is -0.769. The zero-order valence-electron chi connectivity index (χ0n) is 25.0. The van der Waals surface area contributed by atoms with E-state index >= 15 is 4.39 Å². The summed E-state index contributed by atoms with van der Waals surface area (Å²) in [5.41, 5.74) is 7.62. The van der Waals surface area contributed by atoms with Crippen LogP contribution in [0.2, 0.25) is 5.02 Å². The van der Waals surface area contributed by atoms with E-state index in [0.717, 1.165) is 18.4 Å². The number of benzene rings is 3. The fraction of sp³-hybridized carbons (Fsp3) is 0.424. The normalized spacial score (nSPS) is 18.3. The Labute approximate surface area is 260 Å². The van der Waals surface area contributed by atoms with Gasteiger partial charge in [-0.2, -0.15) is 4.31 Å². The van der Waals surface area contributed by atoms with E-state index in [9.17, 15) is 13.2 Å². The molecule has 0 bridgehead atoms. The average Bonchev–Trinajstić information content (AvgIpc) is 3.01. The second kappa shape index (κ2) is 14.3. The van der Waals surface area contributed by atoms with E-state index in [4.69, 9.17) is 17.3 Å². The van der Waals surface area contributed by atoms with Gasteiger partial charge in [-0.05, 0) is 60.7 Å². The summed E-state index contributed by atoms with van der Waals surface area (Å²) in [6.45, 7) is 7.46. The lowest BCUT2D eigenvalue weighted by atomic mass is 9.65. The van der Waals surface area contributed by atoms with Crippen molar-refractivity contribution in [1.82, 2.24) is 9.62 Å². The lowest BCUT2D eigenvalue weighted by molar-refractivity contribution is -0.119. The molecule has 1 fully saturated rings. The number of hydrogen-bond acceptors (Lipinski definition) is 5. The smallest absolute Gasteiger partial charge is 0.243 e. The summed E-state index contributed by atoms with van der Waals surface area (Å²) in [5, 5.41) is 6.78. The van der Waals surface area contributed by atoms with Crippen molar-refractivity contribution in [3.63, 3.8) is 0 Å². The van der Waals surface area contributed by atoms with E-state index in [2.05, 4.69) is 24.5 Å². The van der Waals surface area contributed by atoms with Crippen molar-refractivity contribution in [2.45, 2.75) is 68.8 Å². The molecule has 43 heavy (non-hydrogen) atoms. The van der Waals surface area contributed by atoms with Crippen molar-refractivity contribution in [1.29, 1.82) is 0 Å². The van der Waals surface area contributed by atoms with Crippen LogP contribution < -0.4 is 16.4 Å². The highest BCUT2D eigenvalue weighted by molar-refractivity contribution is 7.89. The molecule has 3 unspecified atom stereocenters.